The Kier molecular flexibility index (Phi) is 3.65. The number of hydrogen-bond acceptors (Lipinski definition) is 4. The van der Waals surface area contributed by atoms with Gasteiger partial charge >= 0.3 is 0 Å². The zero-order valence-corrected chi connectivity index (χ0v) is 12.0. The van der Waals surface area contributed by atoms with Crippen molar-refractivity contribution in [1.29, 1.82) is 0 Å². The summed E-state index contributed by atoms with van der Waals surface area (Å²) in [5.41, 5.74) is 4.95. The molecule has 20 heavy (non-hydrogen) atoms. The number of rotatable bonds is 3. The van der Waals surface area contributed by atoms with Crippen LogP contribution in [-0.4, -0.2) is 16.5 Å². The molecule has 2 heterocycles. The third-order valence-electron chi connectivity index (χ3n) is 3.63. The Balaban J connectivity index is 1.80. The van der Waals surface area contributed by atoms with Gasteiger partial charge in [-0.05, 0) is 19.4 Å². The molecule has 4 nitrogen and oxygen atoms in total. The second-order valence-corrected chi connectivity index (χ2v) is 5.31. The highest BCUT2D eigenvalue weighted by Gasteiger charge is 2.16. The van der Waals surface area contributed by atoms with E-state index in [-0.39, 0.29) is 0 Å². The highest BCUT2D eigenvalue weighted by molar-refractivity contribution is 5.48. The van der Waals surface area contributed by atoms with Crippen molar-refractivity contribution in [3.05, 3.63) is 52.5 Å². The first-order valence-electron chi connectivity index (χ1n) is 7.09. The van der Waals surface area contributed by atoms with Crippen molar-refractivity contribution in [3.63, 3.8) is 0 Å². The van der Waals surface area contributed by atoms with Crippen LogP contribution < -0.4 is 10.6 Å². The number of nitrogens with one attached hydrogen (secondary N) is 2. The third kappa shape index (κ3) is 2.80. The van der Waals surface area contributed by atoms with Gasteiger partial charge in [-0.25, -0.2) is 9.97 Å². The molecular formula is C16H20N4. The summed E-state index contributed by atoms with van der Waals surface area (Å²) in [5.74, 6) is 1.82. The molecule has 0 radical (unpaired) electrons. The zero-order chi connectivity index (χ0) is 13.9. The van der Waals surface area contributed by atoms with Crippen molar-refractivity contribution in [2.75, 3.05) is 11.9 Å². The van der Waals surface area contributed by atoms with Crippen LogP contribution in [0.15, 0.2) is 24.3 Å². The first kappa shape index (κ1) is 13.1. The van der Waals surface area contributed by atoms with Crippen molar-refractivity contribution in [2.45, 2.75) is 33.4 Å². The molecule has 104 valence electrons. The number of aromatic nitrogens is 2. The summed E-state index contributed by atoms with van der Waals surface area (Å²) in [6, 6.07) is 8.58. The first-order valence-corrected chi connectivity index (χ1v) is 7.09. The van der Waals surface area contributed by atoms with Gasteiger partial charge in [0.15, 0.2) is 0 Å². The molecule has 4 heteroatoms. The van der Waals surface area contributed by atoms with Crippen LogP contribution in [0, 0.1) is 13.8 Å². The lowest BCUT2D eigenvalue weighted by Gasteiger charge is -2.20. The molecule has 1 aromatic carbocycles. The van der Waals surface area contributed by atoms with E-state index in [2.05, 4.69) is 51.8 Å². The van der Waals surface area contributed by atoms with Gasteiger partial charge in [0.1, 0.15) is 11.6 Å². The lowest BCUT2D eigenvalue weighted by atomic mass is 10.1. The zero-order valence-electron chi connectivity index (χ0n) is 12.0. The predicted molar refractivity (Wildman–Crippen MR) is 80.7 cm³/mol. The van der Waals surface area contributed by atoms with Gasteiger partial charge in [-0.15, -0.1) is 0 Å². The van der Waals surface area contributed by atoms with E-state index in [0.717, 1.165) is 37.7 Å². The smallest absolute Gasteiger partial charge is 0.134 e. The van der Waals surface area contributed by atoms with Crippen LogP contribution in [0.25, 0.3) is 0 Å². The summed E-state index contributed by atoms with van der Waals surface area (Å²) < 4.78 is 0. The molecule has 1 aliphatic heterocycles. The van der Waals surface area contributed by atoms with E-state index in [9.17, 15) is 0 Å². The van der Waals surface area contributed by atoms with E-state index in [1.165, 1.54) is 22.4 Å². The molecule has 0 atom stereocenters. The number of hydrogen-bond donors (Lipinski definition) is 2. The average Bonchev–Trinajstić information content (AvgIpc) is 2.46. The molecule has 0 fully saturated rings. The Morgan fingerprint density at radius 3 is 2.75 bits per heavy atom. The maximum Gasteiger partial charge on any atom is 0.134 e. The minimum atomic E-state index is 0.795. The van der Waals surface area contributed by atoms with Crippen molar-refractivity contribution >= 4 is 5.82 Å². The standard InChI is InChI=1S/C16H20N4/c1-11-3-5-13(6-4-11)9-18-16-14-10-17-8-7-15(14)19-12(2)20-16/h3-6,17H,7-10H2,1-2H3,(H,18,19,20). The minimum absolute atomic E-state index is 0.795. The number of aryl methyl sites for hydroxylation is 2. The summed E-state index contributed by atoms with van der Waals surface area (Å²) >= 11 is 0. The van der Waals surface area contributed by atoms with Crippen LogP contribution in [-0.2, 0) is 19.5 Å². The fourth-order valence-electron chi connectivity index (χ4n) is 2.50. The molecule has 3 rings (SSSR count). The van der Waals surface area contributed by atoms with E-state index < -0.39 is 0 Å². The molecule has 0 saturated heterocycles. The lowest BCUT2D eigenvalue weighted by molar-refractivity contribution is 0.624. The van der Waals surface area contributed by atoms with Gasteiger partial charge in [0, 0.05) is 31.6 Å². The monoisotopic (exact) mass is 268 g/mol. The molecule has 1 aromatic heterocycles. The fourth-order valence-corrected chi connectivity index (χ4v) is 2.50. The summed E-state index contributed by atoms with van der Waals surface area (Å²) in [5, 5.41) is 6.84. The average molecular weight is 268 g/mol. The van der Waals surface area contributed by atoms with Crippen LogP contribution in [0.2, 0.25) is 0 Å². The highest BCUT2D eigenvalue weighted by Crippen LogP contribution is 2.20. The normalized spacial score (nSPS) is 13.9. The predicted octanol–water partition coefficient (Wildman–Crippen LogP) is 2.35. The third-order valence-corrected chi connectivity index (χ3v) is 3.63. The summed E-state index contributed by atoms with van der Waals surface area (Å²) in [4.78, 5) is 9.11. The SMILES string of the molecule is Cc1ccc(CNc2nc(C)nc3c2CNCC3)cc1. The number of anilines is 1. The van der Waals surface area contributed by atoms with Crippen LogP contribution in [0.4, 0.5) is 5.82 Å². The first-order chi connectivity index (χ1) is 9.72. The Labute approximate surface area is 119 Å². The number of benzene rings is 1. The van der Waals surface area contributed by atoms with E-state index in [0.29, 0.717) is 0 Å². The molecule has 2 N–H and O–H groups in total. The van der Waals surface area contributed by atoms with Crippen LogP contribution >= 0.6 is 0 Å². The van der Waals surface area contributed by atoms with Gasteiger partial charge in [0.2, 0.25) is 0 Å². The maximum atomic E-state index is 4.56. The second-order valence-electron chi connectivity index (χ2n) is 5.31. The van der Waals surface area contributed by atoms with Crippen LogP contribution in [0.3, 0.4) is 0 Å². The molecule has 0 bridgehead atoms. The topological polar surface area (TPSA) is 49.8 Å². The van der Waals surface area contributed by atoms with E-state index in [1.54, 1.807) is 0 Å². The number of nitrogens with zero attached hydrogens (tertiary/aromatic N) is 2. The van der Waals surface area contributed by atoms with Crippen molar-refractivity contribution in [3.8, 4) is 0 Å². The minimum Gasteiger partial charge on any atom is -0.366 e. The molecule has 2 aromatic rings. The Morgan fingerprint density at radius 1 is 1.15 bits per heavy atom. The highest BCUT2D eigenvalue weighted by atomic mass is 15.1. The van der Waals surface area contributed by atoms with Gasteiger partial charge in [0.25, 0.3) is 0 Å². The Morgan fingerprint density at radius 2 is 1.95 bits per heavy atom. The molecule has 0 saturated carbocycles. The molecular weight excluding hydrogens is 248 g/mol. The lowest BCUT2D eigenvalue weighted by Crippen LogP contribution is -2.26. The van der Waals surface area contributed by atoms with E-state index in [4.69, 9.17) is 0 Å². The molecule has 0 aliphatic carbocycles. The quantitative estimate of drug-likeness (QED) is 0.897. The van der Waals surface area contributed by atoms with Gasteiger partial charge in [0.05, 0.1) is 5.69 Å². The van der Waals surface area contributed by atoms with Crippen molar-refractivity contribution in [2.24, 2.45) is 0 Å². The molecule has 0 spiro atoms. The number of fused-ring (bicyclic) bond motifs is 1. The van der Waals surface area contributed by atoms with Crippen molar-refractivity contribution in [1.82, 2.24) is 15.3 Å². The molecule has 0 amide bonds. The Bertz CT molecular complexity index is 605. The fraction of sp³-hybridized carbons (Fsp3) is 0.375. The summed E-state index contributed by atoms with van der Waals surface area (Å²) in [7, 11) is 0. The van der Waals surface area contributed by atoms with E-state index >= 15 is 0 Å². The summed E-state index contributed by atoms with van der Waals surface area (Å²) in [6.45, 7) is 6.71. The summed E-state index contributed by atoms with van der Waals surface area (Å²) in [6.07, 6.45) is 0.984. The second kappa shape index (κ2) is 5.59. The molecule has 1 aliphatic rings. The van der Waals surface area contributed by atoms with Gasteiger partial charge in [-0.2, -0.15) is 0 Å². The van der Waals surface area contributed by atoms with Crippen molar-refractivity contribution < 1.29 is 0 Å². The van der Waals surface area contributed by atoms with Crippen LogP contribution in [0.5, 0.6) is 0 Å². The molecule has 0 unspecified atom stereocenters. The van der Waals surface area contributed by atoms with Gasteiger partial charge in [-0.3, -0.25) is 0 Å². The van der Waals surface area contributed by atoms with Crippen LogP contribution in [0.1, 0.15) is 28.2 Å². The van der Waals surface area contributed by atoms with E-state index in [1.807, 2.05) is 6.92 Å². The van der Waals surface area contributed by atoms with Gasteiger partial charge < -0.3 is 10.6 Å². The largest absolute Gasteiger partial charge is 0.366 e. The van der Waals surface area contributed by atoms with Gasteiger partial charge in [-0.1, -0.05) is 29.8 Å². The maximum absolute atomic E-state index is 4.56. The Hall–Kier alpha value is -1.94.